The van der Waals surface area contributed by atoms with Gasteiger partial charge in [0, 0.05) is 6.04 Å². The van der Waals surface area contributed by atoms with E-state index in [9.17, 15) is 8.42 Å². The van der Waals surface area contributed by atoms with Crippen molar-refractivity contribution >= 4 is 9.84 Å². The third-order valence-electron chi connectivity index (χ3n) is 3.77. The van der Waals surface area contributed by atoms with Crippen molar-refractivity contribution in [2.75, 3.05) is 18.6 Å². The second kappa shape index (κ2) is 3.81. The summed E-state index contributed by atoms with van der Waals surface area (Å²) in [5.41, 5.74) is 0. The minimum absolute atomic E-state index is 0.371. The Morgan fingerprint density at radius 3 is 2.29 bits per heavy atom. The molecule has 0 radical (unpaired) electrons. The molecule has 1 aliphatic heterocycles. The van der Waals surface area contributed by atoms with Crippen molar-refractivity contribution in [1.82, 2.24) is 5.32 Å². The zero-order chi connectivity index (χ0) is 10.2. The van der Waals surface area contributed by atoms with Gasteiger partial charge in [-0.25, -0.2) is 8.42 Å². The maximum atomic E-state index is 11.4. The average molecular weight is 217 g/mol. The van der Waals surface area contributed by atoms with Crippen LogP contribution in [0, 0.1) is 11.8 Å². The van der Waals surface area contributed by atoms with E-state index >= 15 is 0 Å². The molecule has 14 heavy (non-hydrogen) atoms. The van der Waals surface area contributed by atoms with Gasteiger partial charge >= 0.3 is 0 Å². The van der Waals surface area contributed by atoms with Gasteiger partial charge in [0.05, 0.1) is 11.5 Å². The summed E-state index contributed by atoms with van der Waals surface area (Å²) in [6.45, 7) is 0. The second-order valence-corrected chi connectivity index (χ2v) is 6.90. The maximum Gasteiger partial charge on any atom is 0.150 e. The molecule has 0 aromatic heterocycles. The van der Waals surface area contributed by atoms with Crippen molar-refractivity contribution in [2.45, 2.75) is 31.7 Å². The van der Waals surface area contributed by atoms with Gasteiger partial charge in [-0.2, -0.15) is 0 Å². The molecule has 2 unspecified atom stereocenters. The Hall–Kier alpha value is -0.0900. The quantitative estimate of drug-likeness (QED) is 0.761. The van der Waals surface area contributed by atoms with E-state index in [0.717, 1.165) is 12.3 Å². The van der Waals surface area contributed by atoms with Crippen molar-refractivity contribution in [3.05, 3.63) is 0 Å². The van der Waals surface area contributed by atoms with Gasteiger partial charge in [0.2, 0.25) is 0 Å². The molecule has 0 aromatic rings. The number of nitrogens with one attached hydrogen (secondary N) is 1. The molecule has 1 saturated carbocycles. The summed E-state index contributed by atoms with van der Waals surface area (Å²) in [4.78, 5) is 0. The van der Waals surface area contributed by atoms with E-state index in [4.69, 9.17) is 0 Å². The van der Waals surface area contributed by atoms with E-state index in [-0.39, 0.29) is 0 Å². The molecule has 1 saturated heterocycles. The molecular formula is C10H19NO2S. The Morgan fingerprint density at radius 2 is 1.93 bits per heavy atom. The summed E-state index contributed by atoms with van der Waals surface area (Å²) in [6.07, 6.45) is 4.75. The summed E-state index contributed by atoms with van der Waals surface area (Å²) in [5.74, 6) is 1.92. The van der Waals surface area contributed by atoms with Crippen LogP contribution in [0.25, 0.3) is 0 Å². The van der Waals surface area contributed by atoms with E-state index in [1.54, 1.807) is 0 Å². The van der Waals surface area contributed by atoms with Crippen molar-refractivity contribution in [2.24, 2.45) is 11.8 Å². The van der Waals surface area contributed by atoms with Crippen molar-refractivity contribution in [1.29, 1.82) is 0 Å². The van der Waals surface area contributed by atoms with Gasteiger partial charge in [0.25, 0.3) is 0 Å². The normalized spacial score (nSPS) is 33.9. The highest BCUT2D eigenvalue weighted by Crippen LogP contribution is 2.36. The van der Waals surface area contributed by atoms with Crippen LogP contribution < -0.4 is 5.32 Å². The van der Waals surface area contributed by atoms with Crippen molar-refractivity contribution in [3.63, 3.8) is 0 Å². The molecule has 4 heteroatoms. The van der Waals surface area contributed by atoms with E-state index in [0.29, 0.717) is 23.5 Å². The average Bonchev–Trinajstić information content (AvgIpc) is 2.37. The minimum Gasteiger partial charge on any atom is -0.316 e. The lowest BCUT2D eigenvalue weighted by Crippen LogP contribution is -2.43. The van der Waals surface area contributed by atoms with Gasteiger partial charge < -0.3 is 5.32 Å². The minimum atomic E-state index is -2.71. The van der Waals surface area contributed by atoms with Gasteiger partial charge in [0.15, 0.2) is 9.84 Å². The highest BCUT2D eigenvalue weighted by molar-refractivity contribution is 7.91. The number of rotatable bonds is 3. The van der Waals surface area contributed by atoms with Gasteiger partial charge in [-0.15, -0.1) is 0 Å². The standard InChI is InChI=1S/C10H19NO2S/c1-11-10(8-3-2-4-8)9-5-6-14(12,13)7-9/h8-11H,2-7H2,1H3. The summed E-state index contributed by atoms with van der Waals surface area (Å²) >= 11 is 0. The fourth-order valence-corrected chi connectivity index (χ4v) is 4.62. The molecule has 2 rings (SSSR count). The monoisotopic (exact) mass is 217 g/mol. The molecule has 0 amide bonds. The largest absolute Gasteiger partial charge is 0.316 e. The summed E-state index contributed by atoms with van der Waals surface area (Å²) < 4.78 is 22.7. The Morgan fingerprint density at radius 1 is 1.21 bits per heavy atom. The molecule has 3 nitrogen and oxygen atoms in total. The molecule has 1 N–H and O–H groups in total. The molecular weight excluding hydrogens is 198 g/mol. The van der Waals surface area contributed by atoms with Crippen molar-refractivity contribution < 1.29 is 8.42 Å². The Bertz CT molecular complexity index is 295. The van der Waals surface area contributed by atoms with E-state index in [1.165, 1.54) is 19.3 Å². The van der Waals surface area contributed by atoms with Crippen LogP contribution in [0.4, 0.5) is 0 Å². The topological polar surface area (TPSA) is 46.2 Å². The van der Waals surface area contributed by atoms with E-state index in [1.807, 2.05) is 7.05 Å². The van der Waals surface area contributed by atoms with Gasteiger partial charge in [0.1, 0.15) is 0 Å². The number of sulfone groups is 1. The van der Waals surface area contributed by atoms with Crippen LogP contribution in [0.3, 0.4) is 0 Å². The molecule has 82 valence electrons. The Kier molecular flexibility index (Phi) is 2.84. The first kappa shape index (κ1) is 10.4. The van der Waals surface area contributed by atoms with E-state index in [2.05, 4.69) is 5.32 Å². The van der Waals surface area contributed by atoms with Crippen LogP contribution in [0.2, 0.25) is 0 Å². The fourth-order valence-electron chi connectivity index (χ4n) is 2.76. The molecule has 0 bridgehead atoms. The molecule has 0 aromatic carbocycles. The second-order valence-electron chi connectivity index (χ2n) is 4.67. The Balaban J connectivity index is 1.99. The zero-order valence-corrected chi connectivity index (χ0v) is 9.52. The van der Waals surface area contributed by atoms with E-state index < -0.39 is 9.84 Å². The highest BCUT2D eigenvalue weighted by atomic mass is 32.2. The zero-order valence-electron chi connectivity index (χ0n) is 8.70. The summed E-state index contributed by atoms with van der Waals surface area (Å²) in [7, 11) is -0.742. The SMILES string of the molecule is CNC(C1CCC1)C1CCS(=O)(=O)C1. The molecule has 2 atom stereocenters. The van der Waals surface area contributed by atoms with Crippen LogP contribution in [0.5, 0.6) is 0 Å². The van der Waals surface area contributed by atoms with Crippen LogP contribution in [-0.4, -0.2) is 33.0 Å². The Labute approximate surface area is 86.2 Å². The third kappa shape index (κ3) is 1.96. The lowest BCUT2D eigenvalue weighted by molar-refractivity contribution is 0.191. The van der Waals surface area contributed by atoms with Gasteiger partial charge in [-0.05, 0) is 38.1 Å². The van der Waals surface area contributed by atoms with Gasteiger partial charge in [-0.1, -0.05) is 6.42 Å². The van der Waals surface area contributed by atoms with Crippen LogP contribution >= 0.6 is 0 Å². The first-order chi connectivity index (χ1) is 6.62. The fraction of sp³-hybridized carbons (Fsp3) is 1.00. The smallest absolute Gasteiger partial charge is 0.150 e. The predicted octanol–water partition coefficient (Wildman–Crippen LogP) is 0.809. The molecule has 1 aliphatic carbocycles. The lowest BCUT2D eigenvalue weighted by atomic mass is 9.75. The highest BCUT2D eigenvalue weighted by Gasteiger charge is 2.38. The molecule has 2 aliphatic rings. The van der Waals surface area contributed by atoms with Crippen LogP contribution in [0.1, 0.15) is 25.7 Å². The van der Waals surface area contributed by atoms with Gasteiger partial charge in [-0.3, -0.25) is 0 Å². The maximum absolute atomic E-state index is 11.4. The van der Waals surface area contributed by atoms with Crippen LogP contribution in [-0.2, 0) is 9.84 Å². The summed E-state index contributed by atoms with van der Waals surface area (Å²) in [6, 6.07) is 0.445. The predicted molar refractivity (Wildman–Crippen MR) is 56.9 cm³/mol. The number of hydrogen-bond acceptors (Lipinski definition) is 3. The van der Waals surface area contributed by atoms with Crippen molar-refractivity contribution in [3.8, 4) is 0 Å². The first-order valence-electron chi connectivity index (χ1n) is 5.50. The lowest BCUT2D eigenvalue weighted by Gasteiger charge is -2.36. The first-order valence-corrected chi connectivity index (χ1v) is 7.32. The molecule has 0 spiro atoms. The molecule has 1 heterocycles. The number of hydrogen-bond donors (Lipinski definition) is 1. The third-order valence-corrected chi connectivity index (χ3v) is 5.56. The molecule has 2 fully saturated rings. The summed E-state index contributed by atoms with van der Waals surface area (Å²) in [5, 5.41) is 3.32. The van der Waals surface area contributed by atoms with Crippen LogP contribution in [0.15, 0.2) is 0 Å².